The molecule has 182 valence electrons. The number of ketones is 3. The van der Waals surface area contributed by atoms with Crippen LogP contribution in [0.5, 0.6) is 5.75 Å². The topological polar surface area (TPSA) is 124 Å². The van der Waals surface area contributed by atoms with E-state index in [4.69, 9.17) is 4.74 Å². The number of hydrogen-bond donors (Lipinski definition) is 3. The summed E-state index contributed by atoms with van der Waals surface area (Å²) in [5, 5.41) is 33.9. The van der Waals surface area contributed by atoms with Crippen molar-refractivity contribution in [3.63, 3.8) is 0 Å². The molecule has 0 saturated heterocycles. The van der Waals surface area contributed by atoms with Gasteiger partial charge in [0.15, 0.2) is 17.2 Å². The van der Waals surface area contributed by atoms with E-state index in [1.165, 1.54) is 0 Å². The highest BCUT2D eigenvalue weighted by molar-refractivity contribution is 6.25. The monoisotopic (exact) mass is 469 g/mol. The van der Waals surface area contributed by atoms with E-state index in [2.05, 4.69) is 0 Å². The van der Waals surface area contributed by atoms with Gasteiger partial charge in [0.1, 0.15) is 22.8 Å². The number of Topliss-reactive ketones (excluding diaryl/α,β-unsaturated/α-hetero) is 3. The number of carbonyl (C=O) groups excluding carboxylic acids is 3. The average Bonchev–Trinajstić information content (AvgIpc) is 2.76. The van der Waals surface area contributed by atoms with Gasteiger partial charge in [0.05, 0.1) is 18.2 Å². The van der Waals surface area contributed by atoms with Gasteiger partial charge in [-0.25, -0.2) is 0 Å². The number of ether oxygens (including phenoxy) is 1. The van der Waals surface area contributed by atoms with Gasteiger partial charge >= 0.3 is 0 Å². The summed E-state index contributed by atoms with van der Waals surface area (Å²) in [4.78, 5) is 40.7. The Labute approximate surface area is 198 Å². The van der Waals surface area contributed by atoms with Crippen LogP contribution in [-0.2, 0) is 20.8 Å². The normalized spacial score (nSPS) is 28.6. The molecule has 4 atom stereocenters. The van der Waals surface area contributed by atoms with Crippen LogP contribution < -0.4 is 4.74 Å². The maximum absolute atomic E-state index is 13.8. The predicted molar refractivity (Wildman–Crippen MR) is 124 cm³/mol. The lowest BCUT2D eigenvalue weighted by Gasteiger charge is -2.50. The first-order chi connectivity index (χ1) is 16.0. The van der Waals surface area contributed by atoms with Crippen molar-refractivity contribution in [1.29, 1.82) is 0 Å². The minimum Gasteiger partial charge on any atom is -0.508 e. The number of aliphatic hydroxyl groups is 3. The van der Waals surface area contributed by atoms with E-state index in [1.807, 2.05) is 19.1 Å². The van der Waals surface area contributed by atoms with Crippen molar-refractivity contribution in [2.75, 3.05) is 20.7 Å². The Kier molecular flexibility index (Phi) is 6.16. The molecule has 8 heteroatoms. The second kappa shape index (κ2) is 8.67. The van der Waals surface area contributed by atoms with Crippen molar-refractivity contribution in [3.05, 3.63) is 46.2 Å². The van der Waals surface area contributed by atoms with Crippen LogP contribution >= 0.6 is 0 Å². The molecule has 0 radical (unpaired) electrons. The van der Waals surface area contributed by atoms with E-state index >= 15 is 0 Å². The van der Waals surface area contributed by atoms with Crippen LogP contribution in [0.4, 0.5) is 0 Å². The van der Waals surface area contributed by atoms with Crippen LogP contribution in [0.3, 0.4) is 0 Å². The molecule has 0 aromatic heterocycles. The number of rotatable bonds is 6. The van der Waals surface area contributed by atoms with Gasteiger partial charge in [0.2, 0.25) is 5.78 Å². The third-order valence-electron chi connectivity index (χ3n) is 7.30. The number of likely N-dealkylation sites (N-methyl/N-ethyl adjacent to an activating group) is 1. The van der Waals surface area contributed by atoms with E-state index < -0.39 is 52.2 Å². The molecule has 3 aliphatic rings. The molecule has 3 N–H and O–H groups in total. The van der Waals surface area contributed by atoms with Crippen LogP contribution in [0.2, 0.25) is 0 Å². The number of hydrogen-bond acceptors (Lipinski definition) is 8. The summed E-state index contributed by atoms with van der Waals surface area (Å²) in [7, 11) is 3.26. The lowest BCUT2D eigenvalue weighted by Crippen LogP contribution is -2.65. The first kappa shape index (κ1) is 24.2. The summed E-state index contributed by atoms with van der Waals surface area (Å²) >= 11 is 0. The van der Waals surface area contributed by atoms with Crippen molar-refractivity contribution < 1.29 is 34.4 Å². The average molecular weight is 470 g/mol. The van der Waals surface area contributed by atoms with E-state index in [0.29, 0.717) is 24.3 Å². The number of nitrogens with zero attached hydrogens (tertiary/aromatic N) is 1. The van der Waals surface area contributed by atoms with Crippen molar-refractivity contribution in [2.45, 2.75) is 51.2 Å². The lowest BCUT2D eigenvalue weighted by molar-refractivity contribution is -0.153. The van der Waals surface area contributed by atoms with Gasteiger partial charge in [0, 0.05) is 11.5 Å². The van der Waals surface area contributed by atoms with Crippen molar-refractivity contribution >= 4 is 23.1 Å². The molecule has 34 heavy (non-hydrogen) atoms. The minimum atomic E-state index is -2.49. The van der Waals surface area contributed by atoms with Gasteiger partial charge in [-0.05, 0) is 57.8 Å². The standard InChI is InChI=1S/C26H31NO7/c1-5-6-10-34-17-9-7-8-14-11-15-12-16-21(27(3)4)23(30)18(13(2)28)24(31)26(16,33)25(32)20(15)22(29)19(14)17/h7-9,15-16,21,29,31,33H,5-6,10-12H2,1-4H3/t15-,16-,21-,26+/m0/s1. The van der Waals surface area contributed by atoms with Gasteiger partial charge in [-0.2, -0.15) is 0 Å². The first-order valence-electron chi connectivity index (χ1n) is 11.7. The number of carbonyl (C=O) groups is 3. The highest BCUT2D eigenvalue weighted by atomic mass is 16.5. The molecule has 0 amide bonds. The highest BCUT2D eigenvalue weighted by Gasteiger charge is 2.63. The van der Waals surface area contributed by atoms with Crippen LogP contribution in [0.1, 0.15) is 44.2 Å². The molecule has 1 aromatic rings. The number of unbranched alkanes of at least 4 members (excludes halogenated alkanes) is 1. The predicted octanol–water partition coefficient (Wildman–Crippen LogP) is 2.54. The highest BCUT2D eigenvalue weighted by Crippen LogP contribution is 2.52. The van der Waals surface area contributed by atoms with E-state index in [0.717, 1.165) is 25.3 Å². The third-order valence-corrected chi connectivity index (χ3v) is 7.30. The van der Waals surface area contributed by atoms with E-state index in [1.54, 1.807) is 25.1 Å². The fourth-order valence-corrected chi connectivity index (χ4v) is 5.72. The van der Waals surface area contributed by atoms with Gasteiger partial charge in [-0.15, -0.1) is 0 Å². The molecule has 1 saturated carbocycles. The molecule has 1 aromatic carbocycles. The molecule has 0 bridgehead atoms. The molecule has 3 aliphatic carbocycles. The summed E-state index contributed by atoms with van der Waals surface area (Å²) in [5.41, 5.74) is -1.83. The zero-order valence-corrected chi connectivity index (χ0v) is 19.9. The van der Waals surface area contributed by atoms with Gasteiger partial charge in [0.25, 0.3) is 0 Å². The summed E-state index contributed by atoms with van der Waals surface area (Å²) in [6.07, 6.45) is 2.35. The van der Waals surface area contributed by atoms with Crippen LogP contribution in [-0.4, -0.2) is 69.9 Å². The van der Waals surface area contributed by atoms with Gasteiger partial charge in [-0.1, -0.05) is 25.5 Å². The lowest BCUT2D eigenvalue weighted by atomic mass is 9.57. The zero-order chi connectivity index (χ0) is 24.9. The number of fused-ring (bicyclic) bond motifs is 3. The maximum atomic E-state index is 13.8. The third kappa shape index (κ3) is 3.39. The SMILES string of the molecule is CCCCOc1cccc2c1C(O)=C1C(=O)[C@]3(O)C(O)=C(C(C)=O)C(=O)[C@@H](N(C)C)[C@@H]3C[C@@H]1C2. The quantitative estimate of drug-likeness (QED) is 0.429. The number of benzene rings is 1. The van der Waals surface area contributed by atoms with Gasteiger partial charge in [-0.3, -0.25) is 19.3 Å². The Balaban J connectivity index is 1.89. The molecule has 0 unspecified atom stereocenters. The molecule has 0 aliphatic heterocycles. The smallest absolute Gasteiger partial charge is 0.202 e. The summed E-state index contributed by atoms with van der Waals surface area (Å²) in [6.45, 7) is 3.61. The Morgan fingerprint density at radius 1 is 1.24 bits per heavy atom. The summed E-state index contributed by atoms with van der Waals surface area (Å²) in [6, 6.07) is 4.45. The summed E-state index contributed by atoms with van der Waals surface area (Å²) in [5.74, 6) is -4.41. The molecule has 8 nitrogen and oxygen atoms in total. The minimum absolute atomic E-state index is 0.000835. The van der Waals surface area contributed by atoms with Gasteiger partial charge < -0.3 is 20.1 Å². The Morgan fingerprint density at radius 3 is 2.56 bits per heavy atom. The largest absolute Gasteiger partial charge is 0.508 e. The van der Waals surface area contributed by atoms with Crippen molar-refractivity contribution in [1.82, 2.24) is 4.90 Å². The molecule has 0 heterocycles. The van der Waals surface area contributed by atoms with Crippen LogP contribution in [0.15, 0.2) is 35.1 Å². The second-order valence-electron chi connectivity index (χ2n) is 9.65. The summed E-state index contributed by atoms with van der Waals surface area (Å²) < 4.78 is 5.87. The zero-order valence-electron chi connectivity index (χ0n) is 19.9. The van der Waals surface area contributed by atoms with E-state index in [-0.39, 0.29) is 17.8 Å². The molecular formula is C26H31NO7. The maximum Gasteiger partial charge on any atom is 0.202 e. The molecule has 1 fully saturated rings. The fraction of sp³-hybridized carbons (Fsp3) is 0.500. The van der Waals surface area contributed by atoms with Crippen LogP contribution in [0.25, 0.3) is 5.76 Å². The Hall–Kier alpha value is -2.97. The Morgan fingerprint density at radius 2 is 1.94 bits per heavy atom. The molecule has 0 spiro atoms. The van der Waals surface area contributed by atoms with Crippen LogP contribution in [0, 0.1) is 11.8 Å². The number of aliphatic hydroxyl groups excluding tert-OH is 2. The Bertz CT molecular complexity index is 1130. The second-order valence-corrected chi connectivity index (χ2v) is 9.65. The molecular weight excluding hydrogens is 438 g/mol. The molecule has 4 rings (SSSR count). The first-order valence-corrected chi connectivity index (χ1v) is 11.7. The van der Waals surface area contributed by atoms with Crippen molar-refractivity contribution in [2.24, 2.45) is 11.8 Å². The van der Waals surface area contributed by atoms with E-state index in [9.17, 15) is 29.7 Å². The fourth-order valence-electron chi connectivity index (χ4n) is 5.72. The van der Waals surface area contributed by atoms with Crippen molar-refractivity contribution in [3.8, 4) is 5.75 Å².